The molecule has 5 heteroatoms. The summed E-state index contributed by atoms with van der Waals surface area (Å²) in [5, 5.41) is 3.00. The van der Waals surface area contributed by atoms with Crippen molar-refractivity contribution in [2.24, 2.45) is 0 Å². The number of nitrogens with one attached hydrogen (secondary N) is 1. The number of rotatable bonds is 4. The maximum Gasteiger partial charge on any atom is 0.397 e. The van der Waals surface area contributed by atoms with Crippen molar-refractivity contribution in [3.63, 3.8) is 0 Å². The highest BCUT2D eigenvalue weighted by molar-refractivity contribution is 6.37. The number of ether oxygens (including phenoxy) is 1. The van der Waals surface area contributed by atoms with Gasteiger partial charge in [-0.25, -0.2) is 4.79 Å². The molecule has 0 aliphatic carbocycles. The third-order valence-electron chi connectivity index (χ3n) is 2.75. The van der Waals surface area contributed by atoms with E-state index in [9.17, 15) is 9.59 Å². The molecule has 0 radical (unpaired) electrons. The second-order valence-corrected chi connectivity index (χ2v) is 4.77. The van der Waals surface area contributed by atoms with Gasteiger partial charge in [0.15, 0.2) is 0 Å². The average molecular weight is 304 g/mol. The summed E-state index contributed by atoms with van der Waals surface area (Å²) < 4.78 is 4.93. The Labute approximate surface area is 127 Å². The predicted octanol–water partition coefficient (Wildman–Crippen LogP) is 3.06. The molecule has 21 heavy (non-hydrogen) atoms. The fourth-order valence-electron chi connectivity index (χ4n) is 1.69. The van der Waals surface area contributed by atoms with Gasteiger partial charge in [-0.2, -0.15) is 0 Å². The van der Waals surface area contributed by atoms with Crippen LogP contribution in [0.1, 0.15) is 5.56 Å². The highest BCUT2D eigenvalue weighted by Gasteiger charge is 2.15. The number of hydrogen-bond acceptors (Lipinski definition) is 3. The van der Waals surface area contributed by atoms with Crippen molar-refractivity contribution in [3.8, 4) is 0 Å². The van der Waals surface area contributed by atoms with E-state index in [0.717, 1.165) is 5.56 Å². The Balaban J connectivity index is 1.77. The molecule has 0 saturated heterocycles. The first kappa shape index (κ1) is 15.1. The molecule has 0 atom stereocenters. The molecule has 0 aliphatic heterocycles. The predicted molar refractivity (Wildman–Crippen MR) is 81.2 cm³/mol. The third-order valence-corrected chi connectivity index (χ3v) is 3.01. The van der Waals surface area contributed by atoms with Crippen molar-refractivity contribution in [2.75, 3.05) is 11.9 Å². The lowest BCUT2D eigenvalue weighted by atomic mass is 10.2. The van der Waals surface area contributed by atoms with E-state index in [1.807, 2.05) is 30.3 Å². The van der Waals surface area contributed by atoms with Crippen LogP contribution in [0.2, 0.25) is 5.02 Å². The molecule has 0 unspecified atom stereocenters. The molecule has 0 aliphatic rings. The summed E-state index contributed by atoms with van der Waals surface area (Å²) in [4.78, 5) is 23.2. The molecule has 1 amide bonds. The highest BCUT2D eigenvalue weighted by atomic mass is 35.5. The molecule has 108 valence electrons. The summed E-state index contributed by atoms with van der Waals surface area (Å²) in [5.41, 5.74) is 1.54. The second-order valence-electron chi connectivity index (χ2n) is 4.33. The van der Waals surface area contributed by atoms with Gasteiger partial charge >= 0.3 is 11.9 Å². The second kappa shape index (κ2) is 7.45. The van der Waals surface area contributed by atoms with Gasteiger partial charge in [0.05, 0.1) is 6.61 Å². The number of hydrogen-bond donors (Lipinski definition) is 1. The van der Waals surface area contributed by atoms with Crippen LogP contribution < -0.4 is 5.32 Å². The van der Waals surface area contributed by atoms with E-state index in [1.54, 1.807) is 24.3 Å². The number of amides is 1. The summed E-state index contributed by atoms with van der Waals surface area (Å²) in [6.45, 7) is 0.164. The minimum Gasteiger partial charge on any atom is -0.458 e. The zero-order valence-corrected chi connectivity index (χ0v) is 12.0. The van der Waals surface area contributed by atoms with Crippen molar-refractivity contribution in [1.29, 1.82) is 0 Å². The first-order valence-electron chi connectivity index (χ1n) is 6.43. The molecule has 1 N–H and O–H groups in total. The van der Waals surface area contributed by atoms with Gasteiger partial charge < -0.3 is 10.1 Å². The lowest BCUT2D eigenvalue weighted by molar-refractivity contribution is -0.152. The molecule has 2 aromatic rings. The molecule has 2 aromatic carbocycles. The molecule has 0 aromatic heterocycles. The summed E-state index contributed by atoms with van der Waals surface area (Å²) in [6.07, 6.45) is 0.570. The van der Waals surface area contributed by atoms with Gasteiger partial charge in [0.1, 0.15) is 0 Å². The highest BCUT2D eigenvalue weighted by Crippen LogP contribution is 2.13. The largest absolute Gasteiger partial charge is 0.458 e. The number of halogens is 1. The summed E-state index contributed by atoms with van der Waals surface area (Å²) in [5.74, 6) is -1.70. The number of anilines is 1. The Hall–Kier alpha value is -2.33. The molecular weight excluding hydrogens is 290 g/mol. The Morgan fingerprint density at radius 2 is 1.67 bits per heavy atom. The van der Waals surface area contributed by atoms with E-state index >= 15 is 0 Å². The quantitative estimate of drug-likeness (QED) is 0.697. The minimum absolute atomic E-state index is 0.164. The number of carbonyl (C=O) groups excluding carboxylic acids is 2. The van der Waals surface area contributed by atoms with Gasteiger partial charge in [-0.1, -0.05) is 41.9 Å². The van der Waals surface area contributed by atoms with Crippen molar-refractivity contribution in [3.05, 3.63) is 65.2 Å². The summed E-state index contributed by atoms with van der Waals surface area (Å²) >= 11 is 5.73. The third kappa shape index (κ3) is 4.93. The minimum atomic E-state index is -0.902. The lowest BCUT2D eigenvalue weighted by Crippen LogP contribution is -2.25. The van der Waals surface area contributed by atoms with Crippen LogP contribution in [0, 0.1) is 0 Å². The zero-order valence-electron chi connectivity index (χ0n) is 11.2. The van der Waals surface area contributed by atoms with Crippen LogP contribution in [-0.4, -0.2) is 18.5 Å². The van der Waals surface area contributed by atoms with Gasteiger partial charge in [0.25, 0.3) is 0 Å². The van der Waals surface area contributed by atoms with Gasteiger partial charge in [0, 0.05) is 17.1 Å². The maximum absolute atomic E-state index is 11.6. The van der Waals surface area contributed by atoms with Crippen LogP contribution in [0.4, 0.5) is 5.69 Å². The Bertz CT molecular complexity index is 611. The van der Waals surface area contributed by atoms with E-state index in [1.165, 1.54) is 0 Å². The lowest BCUT2D eigenvalue weighted by Gasteiger charge is -2.06. The van der Waals surface area contributed by atoms with Gasteiger partial charge in [-0.05, 0) is 29.8 Å². The number of benzene rings is 2. The molecule has 4 nitrogen and oxygen atoms in total. The van der Waals surface area contributed by atoms with Crippen molar-refractivity contribution in [2.45, 2.75) is 6.42 Å². The summed E-state index contributed by atoms with van der Waals surface area (Å²) in [6, 6.07) is 16.1. The van der Waals surface area contributed by atoms with E-state index in [0.29, 0.717) is 17.1 Å². The Morgan fingerprint density at radius 3 is 2.33 bits per heavy atom. The molecule has 0 spiro atoms. The zero-order chi connectivity index (χ0) is 15.1. The Morgan fingerprint density at radius 1 is 1.00 bits per heavy atom. The van der Waals surface area contributed by atoms with Crippen LogP contribution in [0.15, 0.2) is 54.6 Å². The molecular formula is C16H14ClNO3. The monoisotopic (exact) mass is 303 g/mol. The SMILES string of the molecule is O=C(Nc1ccc(Cl)cc1)C(=O)OCCc1ccccc1. The first-order valence-corrected chi connectivity index (χ1v) is 6.80. The molecule has 0 saturated carbocycles. The Kier molecular flexibility index (Phi) is 5.35. The number of esters is 1. The fraction of sp³-hybridized carbons (Fsp3) is 0.125. The fourth-order valence-corrected chi connectivity index (χ4v) is 1.81. The van der Waals surface area contributed by atoms with Crippen LogP contribution in [0.3, 0.4) is 0 Å². The normalized spacial score (nSPS) is 9.95. The smallest absolute Gasteiger partial charge is 0.397 e. The molecule has 2 rings (SSSR count). The van der Waals surface area contributed by atoms with Crippen LogP contribution >= 0.6 is 11.6 Å². The molecule has 0 bridgehead atoms. The van der Waals surface area contributed by atoms with Crippen molar-refractivity contribution >= 4 is 29.2 Å². The van der Waals surface area contributed by atoms with Gasteiger partial charge in [0.2, 0.25) is 0 Å². The van der Waals surface area contributed by atoms with Crippen LogP contribution in [-0.2, 0) is 20.7 Å². The van der Waals surface area contributed by atoms with E-state index in [4.69, 9.17) is 16.3 Å². The summed E-state index contributed by atoms with van der Waals surface area (Å²) in [7, 11) is 0. The molecule has 0 heterocycles. The van der Waals surface area contributed by atoms with Crippen molar-refractivity contribution in [1.82, 2.24) is 0 Å². The van der Waals surface area contributed by atoms with E-state index in [2.05, 4.69) is 5.32 Å². The van der Waals surface area contributed by atoms with E-state index < -0.39 is 11.9 Å². The van der Waals surface area contributed by atoms with Gasteiger partial charge in [-0.15, -0.1) is 0 Å². The van der Waals surface area contributed by atoms with Gasteiger partial charge in [-0.3, -0.25) is 4.79 Å². The van der Waals surface area contributed by atoms with E-state index in [-0.39, 0.29) is 6.61 Å². The standard InChI is InChI=1S/C16H14ClNO3/c17-13-6-8-14(9-7-13)18-15(19)16(20)21-11-10-12-4-2-1-3-5-12/h1-9H,10-11H2,(H,18,19). The van der Waals surface area contributed by atoms with Crippen LogP contribution in [0.25, 0.3) is 0 Å². The van der Waals surface area contributed by atoms with Crippen LogP contribution in [0.5, 0.6) is 0 Å². The first-order chi connectivity index (χ1) is 10.1. The maximum atomic E-state index is 11.6. The topological polar surface area (TPSA) is 55.4 Å². The number of carbonyl (C=O) groups is 2. The molecule has 0 fully saturated rings. The average Bonchev–Trinajstić information content (AvgIpc) is 2.50. The van der Waals surface area contributed by atoms with Crippen molar-refractivity contribution < 1.29 is 14.3 Å².